The second kappa shape index (κ2) is 7.78. The average molecular weight is 348 g/mol. The molecule has 1 fully saturated rings. The molecular formula is C19H24O6. The van der Waals surface area contributed by atoms with Crippen molar-refractivity contribution in [2.75, 3.05) is 0 Å². The lowest BCUT2D eigenvalue weighted by Gasteiger charge is -2.30. The Morgan fingerprint density at radius 3 is 2.76 bits per heavy atom. The van der Waals surface area contributed by atoms with E-state index in [-0.39, 0.29) is 11.1 Å². The van der Waals surface area contributed by atoms with E-state index in [4.69, 9.17) is 9.47 Å². The molecule has 0 aromatic heterocycles. The van der Waals surface area contributed by atoms with Gasteiger partial charge < -0.3 is 14.6 Å². The number of aliphatic hydroxyl groups excluding tert-OH is 1. The van der Waals surface area contributed by atoms with Crippen molar-refractivity contribution in [1.29, 1.82) is 0 Å². The average Bonchev–Trinajstić information content (AvgIpc) is 2.82. The highest BCUT2D eigenvalue weighted by atomic mass is 16.6. The van der Waals surface area contributed by atoms with Crippen LogP contribution >= 0.6 is 0 Å². The van der Waals surface area contributed by atoms with Crippen LogP contribution in [-0.4, -0.2) is 41.6 Å². The Balaban J connectivity index is 2.46. The van der Waals surface area contributed by atoms with Crippen LogP contribution in [0.15, 0.2) is 35.5 Å². The van der Waals surface area contributed by atoms with Crippen molar-refractivity contribution in [2.45, 2.75) is 51.9 Å². The summed E-state index contributed by atoms with van der Waals surface area (Å²) in [5.41, 5.74) is 1.27. The van der Waals surface area contributed by atoms with E-state index in [1.54, 1.807) is 26.0 Å². The molecule has 0 aromatic rings. The summed E-state index contributed by atoms with van der Waals surface area (Å²) < 4.78 is 10.7. The minimum absolute atomic E-state index is 0.109. The molecule has 2 rings (SSSR count). The Hall–Kier alpha value is -2.21. The molecule has 0 saturated carbocycles. The first-order chi connectivity index (χ1) is 11.8. The van der Waals surface area contributed by atoms with Crippen molar-refractivity contribution in [2.24, 2.45) is 11.8 Å². The zero-order chi connectivity index (χ0) is 18.7. The monoisotopic (exact) mass is 348 g/mol. The van der Waals surface area contributed by atoms with Crippen molar-refractivity contribution in [3.63, 3.8) is 0 Å². The normalized spacial score (nSPS) is 34.3. The number of aldehydes is 1. The van der Waals surface area contributed by atoms with Gasteiger partial charge in [-0.1, -0.05) is 32.1 Å². The van der Waals surface area contributed by atoms with Gasteiger partial charge in [0, 0.05) is 11.1 Å². The summed E-state index contributed by atoms with van der Waals surface area (Å²) in [5.74, 6) is -2.33. The van der Waals surface area contributed by atoms with Gasteiger partial charge in [0.15, 0.2) is 6.10 Å². The van der Waals surface area contributed by atoms with Crippen molar-refractivity contribution >= 4 is 18.2 Å². The molecule has 4 atom stereocenters. The van der Waals surface area contributed by atoms with E-state index in [9.17, 15) is 19.5 Å². The molecule has 25 heavy (non-hydrogen) atoms. The molecule has 0 radical (unpaired) electrons. The summed E-state index contributed by atoms with van der Waals surface area (Å²) in [5, 5.41) is 10.9. The van der Waals surface area contributed by atoms with E-state index in [0.717, 1.165) is 5.57 Å². The van der Waals surface area contributed by atoms with Gasteiger partial charge in [-0.3, -0.25) is 9.59 Å². The van der Waals surface area contributed by atoms with Crippen molar-refractivity contribution in [1.82, 2.24) is 0 Å². The first kappa shape index (κ1) is 19.1. The van der Waals surface area contributed by atoms with Gasteiger partial charge in [-0.2, -0.15) is 0 Å². The van der Waals surface area contributed by atoms with Crippen LogP contribution in [0, 0.1) is 11.8 Å². The number of aliphatic hydroxyl groups is 1. The van der Waals surface area contributed by atoms with Gasteiger partial charge in [0.05, 0.1) is 11.8 Å². The maximum Gasteiger partial charge on any atom is 0.334 e. The number of rotatable bonds is 3. The lowest BCUT2D eigenvalue weighted by Crippen LogP contribution is -2.42. The van der Waals surface area contributed by atoms with Crippen molar-refractivity contribution in [3.8, 4) is 0 Å². The van der Waals surface area contributed by atoms with Crippen LogP contribution in [0.5, 0.6) is 0 Å². The number of carbonyl (C=O) groups excluding carboxylic acids is 3. The largest absolute Gasteiger partial charge is 0.454 e. The highest BCUT2D eigenvalue weighted by Gasteiger charge is 2.46. The second-order valence-corrected chi connectivity index (χ2v) is 6.80. The number of fused-ring (bicyclic) bond motifs is 1. The molecule has 0 amide bonds. The van der Waals surface area contributed by atoms with Crippen LogP contribution < -0.4 is 0 Å². The topological polar surface area (TPSA) is 89.9 Å². The molecule has 1 saturated heterocycles. The second-order valence-electron chi connectivity index (χ2n) is 6.80. The smallest absolute Gasteiger partial charge is 0.334 e. The molecule has 0 spiro atoms. The molecule has 0 aromatic carbocycles. The number of ether oxygens (including phenoxy) is 2. The number of esters is 2. The number of carbonyl (C=O) groups is 3. The van der Waals surface area contributed by atoms with E-state index in [1.807, 2.05) is 6.92 Å². The summed E-state index contributed by atoms with van der Waals surface area (Å²) in [6.07, 6.45) is 2.05. The Labute approximate surface area is 147 Å². The lowest BCUT2D eigenvalue weighted by atomic mass is 9.84. The van der Waals surface area contributed by atoms with E-state index in [1.165, 1.54) is 0 Å². The van der Waals surface area contributed by atoms with Crippen LogP contribution in [0.1, 0.15) is 33.6 Å². The molecule has 1 aliphatic carbocycles. The standard InChI is InChI=1S/C19H24O6/c1-10(2)18(22)25-17-13(9-20)7-5-6-11(3)8-14-15(16(17)21)12(4)19(23)24-14/h7-10,14-17,21H,4-6H2,1-3H3/b11-8-,13-7-. The summed E-state index contributed by atoms with van der Waals surface area (Å²) >= 11 is 0. The first-order valence-corrected chi connectivity index (χ1v) is 8.37. The molecule has 0 bridgehead atoms. The zero-order valence-corrected chi connectivity index (χ0v) is 14.7. The van der Waals surface area contributed by atoms with Crippen LogP contribution in [-0.2, 0) is 23.9 Å². The van der Waals surface area contributed by atoms with Crippen molar-refractivity contribution < 1.29 is 29.0 Å². The highest BCUT2D eigenvalue weighted by Crippen LogP contribution is 2.35. The minimum atomic E-state index is -1.31. The Kier molecular flexibility index (Phi) is 5.95. The van der Waals surface area contributed by atoms with Gasteiger partial charge in [-0.05, 0) is 25.8 Å². The molecule has 1 aliphatic heterocycles. The number of hydrogen-bond acceptors (Lipinski definition) is 6. The summed E-state index contributed by atoms with van der Waals surface area (Å²) in [7, 11) is 0. The summed E-state index contributed by atoms with van der Waals surface area (Å²) in [6.45, 7) is 8.93. The summed E-state index contributed by atoms with van der Waals surface area (Å²) in [6, 6.07) is 0. The molecule has 6 heteroatoms. The van der Waals surface area contributed by atoms with E-state index in [2.05, 4.69) is 6.58 Å². The van der Waals surface area contributed by atoms with E-state index >= 15 is 0 Å². The Morgan fingerprint density at radius 1 is 1.48 bits per heavy atom. The lowest BCUT2D eigenvalue weighted by molar-refractivity contribution is -0.158. The zero-order valence-electron chi connectivity index (χ0n) is 14.7. The van der Waals surface area contributed by atoms with Crippen LogP contribution in [0.3, 0.4) is 0 Å². The van der Waals surface area contributed by atoms with Gasteiger partial charge in [-0.15, -0.1) is 0 Å². The summed E-state index contributed by atoms with van der Waals surface area (Å²) in [4.78, 5) is 35.5. The Morgan fingerprint density at radius 2 is 2.16 bits per heavy atom. The minimum Gasteiger partial charge on any atom is -0.454 e. The van der Waals surface area contributed by atoms with E-state index in [0.29, 0.717) is 19.1 Å². The molecule has 1 N–H and O–H groups in total. The number of allylic oxidation sites excluding steroid dienone is 2. The third-order valence-electron chi connectivity index (χ3n) is 4.49. The maximum absolute atomic E-state index is 12.1. The molecule has 136 valence electrons. The highest BCUT2D eigenvalue weighted by molar-refractivity contribution is 5.91. The number of hydrogen-bond donors (Lipinski definition) is 1. The van der Waals surface area contributed by atoms with Crippen molar-refractivity contribution in [3.05, 3.63) is 35.5 Å². The first-order valence-electron chi connectivity index (χ1n) is 8.37. The van der Waals surface area contributed by atoms with Gasteiger partial charge in [0.25, 0.3) is 0 Å². The fraction of sp³-hybridized carbons (Fsp3) is 0.526. The quantitative estimate of drug-likeness (QED) is 0.362. The van der Waals surface area contributed by atoms with Gasteiger partial charge in [-0.25, -0.2) is 4.79 Å². The molecular weight excluding hydrogens is 324 g/mol. The molecule has 1 heterocycles. The molecule has 4 unspecified atom stereocenters. The van der Waals surface area contributed by atoms with Crippen LogP contribution in [0.25, 0.3) is 0 Å². The predicted molar refractivity (Wildman–Crippen MR) is 90.4 cm³/mol. The molecule has 2 aliphatic rings. The third-order valence-corrected chi connectivity index (χ3v) is 4.49. The fourth-order valence-electron chi connectivity index (χ4n) is 2.99. The van der Waals surface area contributed by atoms with Crippen LogP contribution in [0.2, 0.25) is 0 Å². The third kappa shape index (κ3) is 4.07. The van der Waals surface area contributed by atoms with Gasteiger partial charge in [0.2, 0.25) is 0 Å². The fourth-order valence-corrected chi connectivity index (χ4v) is 2.99. The SMILES string of the molecule is C=C1C(=O)OC2/C=C(/C)CC/C=C(/C=O)C(OC(=O)C(C)C)C(O)C12. The van der Waals surface area contributed by atoms with Crippen LogP contribution in [0.4, 0.5) is 0 Å². The van der Waals surface area contributed by atoms with E-state index < -0.39 is 42.1 Å². The van der Waals surface area contributed by atoms with Gasteiger partial charge >= 0.3 is 11.9 Å². The molecule has 6 nitrogen and oxygen atoms in total. The van der Waals surface area contributed by atoms with Gasteiger partial charge in [0.1, 0.15) is 18.5 Å². The Bertz CT molecular complexity index is 642. The maximum atomic E-state index is 12.1. The predicted octanol–water partition coefficient (Wildman–Crippen LogP) is 1.88.